The second kappa shape index (κ2) is 7.40. The number of piperidine rings is 1. The van der Waals surface area contributed by atoms with Crippen molar-refractivity contribution in [1.82, 2.24) is 10.3 Å². The highest BCUT2D eigenvalue weighted by atomic mass is 32.1. The van der Waals surface area contributed by atoms with E-state index in [9.17, 15) is 4.79 Å². The highest BCUT2D eigenvalue weighted by Crippen LogP contribution is 2.22. The van der Waals surface area contributed by atoms with Crippen molar-refractivity contribution in [3.8, 4) is 0 Å². The van der Waals surface area contributed by atoms with Gasteiger partial charge in [-0.25, -0.2) is 0 Å². The minimum absolute atomic E-state index is 0.132. The van der Waals surface area contributed by atoms with Gasteiger partial charge in [0.15, 0.2) is 0 Å². The van der Waals surface area contributed by atoms with Gasteiger partial charge < -0.3 is 10.2 Å². The van der Waals surface area contributed by atoms with E-state index in [0.717, 1.165) is 38.0 Å². The van der Waals surface area contributed by atoms with Crippen LogP contribution in [0.5, 0.6) is 0 Å². The first-order valence-electron chi connectivity index (χ1n) is 7.74. The number of pyridine rings is 1. The molecule has 3 rings (SSSR count). The Kier molecular flexibility index (Phi) is 5.06. The summed E-state index contributed by atoms with van der Waals surface area (Å²) in [7, 11) is 0. The summed E-state index contributed by atoms with van der Waals surface area (Å²) < 4.78 is 0. The fourth-order valence-electron chi connectivity index (χ4n) is 2.84. The van der Waals surface area contributed by atoms with E-state index < -0.39 is 0 Å². The quantitative estimate of drug-likeness (QED) is 0.923. The molecule has 1 saturated heterocycles. The first kappa shape index (κ1) is 15.0. The van der Waals surface area contributed by atoms with E-state index in [1.807, 2.05) is 29.1 Å². The molecule has 0 atom stereocenters. The number of anilines is 1. The number of hydrogen-bond donors (Lipinski definition) is 1. The van der Waals surface area contributed by atoms with Crippen LogP contribution >= 0.6 is 11.3 Å². The number of thiophene rings is 1. The number of rotatable bonds is 5. The van der Waals surface area contributed by atoms with Crippen LogP contribution in [0.4, 0.5) is 5.69 Å². The highest BCUT2D eigenvalue weighted by Gasteiger charge is 2.20. The van der Waals surface area contributed by atoms with E-state index in [1.54, 1.807) is 17.5 Å². The molecule has 1 fully saturated rings. The van der Waals surface area contributed by atoms with E-state index in [-0.39, 0.29) is 5.91 Å². The van der Waals surface area contributed by atoms with Crippen LogP contribution in [0.25, 0.3) is 0 Å². The molecule has 1 amide bonds. The number of carbonyl (C=O) groups is 1. The van der Waals surface area contributed by atoms with Gasteiger partial charge in [0.1, 0.15) is 0 Å². The van der Waals surface area contributed by atoms with Gasteiger partial charge in [0, 0.05) is 25.8 Å². The molecule has 1 aliphatic heterocycles. The molecule has 1 aliphatic rings. The van der Waals surface area contributed by atoms with E-state index in [0.29, 0.717) is 12.3 Å². The molecule has 3 heterocycles. The summed E-state index contributed by atoms with van der Waals surface area (Å²) in [6.07, 6.45) is 6.46. The Morgan fingerprint density at radius 1 is 1.36 bits per heavy atom. The van der Waals surface area contributed by atoms with Gasteiger partial charge in [-0.1, -0.05) is 0 Å². The largest absolute Gasteiger partial charge is 0.370 e. The monoisotopic (exact) mass is 315 g/mol. The van der Waals surface area contributed by atoms with Crippen molar-refractivity contribution in [3.05, 3.63) is 46.9 Å². The molecule has 2 aromatic heterocycles. The van der Waals surface area contributed by atoms with E-state index in [4.69, 9.17) is 0 Å². The third-order valence-corrected chi connectivity index (χ3v) is 4.89. The Balaban J connectivity index is 1.40. The Bertz CT molecular complexity index is 577. The zero-order chi connectivity index (χ0) is 15.2. The topological polar surface area (TPSA) is 45.2 Å². The number of nitrogens with zero attached hydrogens (tertiary/aromatic N) is 2. The number of amides is 1. The molecular weight excluding hydrogens is 294 g/mol. The second-order valence-electron chi connectivity index (χ2n) is 5.75. The van der Waals surface area contributed by atoms with Gasteiger partial charge in [-0.05, 0) is 53.3 Å². The van der Waals surface area contributed by atoms with Crippen LogP contribution in [0.1, 0.15) is 18.4 Å². The highest BCUT2D eigenvalue weighted by molar-refractivity contribution is 7.07. The van der Waals surface area contributed by atoms with Crippen molar-refractivity contribution in [1.29, 1.82) is 0 Å². The van der Waals surface area contributed by atoms with Crippen molar-refractivity contribution in [3.63, 3.8) is 0 Å². The zero-order valence-corrected chi connectivity index (χ0v) is 13.4. The van der Waals surface area contributed by atoms with Gasteiger partial charge in [0.05, 0.1) is 18.3 Å². The molecule has 22 heavy (non-hydrogen) atoms. The van der Waals surface area contributed by atoms with Gasteiger partial charge in [0.25, 0.3) is 0 Å². The molecule has 116 valence electrons. The Morgan fingerprint density at radius 2 is 2.23 bits per heavy atom. The summed E-state index contributed by atoms with van der Waals surface area (Å²) in [5.41, 5.74) is 2.30. The van der Waals surface area contributed by atoms with Crippen LogP contribution in [0.3, 0.4) is 0 Å². The standard InChI is InChI=1S/C17H21N3OS/c21-17(10-15-5-9-22-13-15)19-11-14-3-7-20(8-4-14)16-2-1-6-18-12-16/h1-2,5-6,9,12-14H,3-4,7-8,10-11H2,(H,19,21). The lowest BCUT2D eigenvalue weighted by atomic mass is 9.96. The van der Waals surface area contributed by atoms with Crippen LogP contribution in [-0.4, -0.2) is 30.5 Å². The fraction of sp³-hybridized carbons (Fsp3) is 0.412. The molecule has 0 spiro atoms. The fourth-order valence-corrected chi connectivity index (χ4v) is 3.50. The van der Waals surface area contributed by atoms with Crippen molar-refractivity contribution in [2.75, 3.05) is 24.5 Å². The molecule has 0 aromatic carbocycles. The van der Waals surface area contributed by atoms with E-state index >= 15 is 0 Å². The number of carbonyl (C=O) groups excluding carboxylic acids is 1. The molecule has 5 heteroatoms. The molecule has 2 aromatic rings. The molecule has 0 saturated carbocycles. The lowest BCUT2D eigenvalue weighted by Crippen LogP contribution is -2.39. The Morgan fingerprint density at radius 3 is 2.91 bits per heavy atom. The Hall–Kier alpha value is -1.88. The summed E-state index contributed by atoms with van der Waals surface area (Å²) in [5.74, 6) is 0.715. The lowest BCUT2D eigenvalue weighted by molar-refractivity contribution is -0.120. The molecule has 0 unspecified atom stereocenters. The van der Waals surface area contributed by atoms with Gasteiger partial charge in [-0.2, -0.15) is 11.3 Å². The SMILES string of the molecule is O=C(Cc1ccsc1)NCC1CCN(c2cccnc2)CC1. The zero-order valence-electron chi connectivity index (χ0n) is 12.6. The minimum atomic E-state index is 0.132. The maximum absolute atomic E-state index is 11.9. The van der Waals surface area contributed by atoms with Gasteiger partial charge in [-0.3, -0.25) is 9.78 Å². The van der Waals surface area contributed by atoms with Crippen LogP contribution in [0, 0.1) is 5.92 Å². The summed E-state index contributed by atoms with van der Waals surface area (Å²) in [6.45, 7) is 2.87. The molecule has 0 bridgehead atoms. The smallest absolute Gasteiger partial charge is 0.224 e. The van der Waals surface area contributed by atoms with Crippen molar-refractivity contribution in [2.45, 2.75) is 19.3 Å². The lowest BCUT2D eigenvalue weighted by Gasteiger charge is -2.33. The van der Waals surface area contributed by atoms with Crippen molar-refractivity contribution in [2.24, 2.45) is 5.92 Å². The van der Waals surface area contributed by atoms with Gasteiger partial charge >= 0.3 is 0 Å². The molecule has 0 aliphatic carbocycles. The van der Waals surface area contributed by atoms with Gasteiger partial charge in [0.2, 0.25) is 5.91 Å². The first-order chi connectivity index (χ1) is 10.8. The van der Waals surface area contributed by atoms with Crippen molar-refractivity contribution >= 4 is 22.9 Å². The van der Waals surface area contributed by atoms with Crippen LogP contribution < -0.4 is 10.2 Å². The average molecular weight is 315 g/mol. The third-order valence-electron chi connectivity index (χ3n) is 4.16. The van der Waals surface area contributed by atoms with Gasteiger partial charge in [-0.15, -0.1) is 0 Å². The normalized spacial score (nSPS) is 15.7. The average Bonchev–Trinajstić information content (AvgIpc) is 3.07. The number of hydrogen-bond acceptors (Lipinski definition) is 4. The Labute approximate surface area is 135 Å². The predicted octanol–water partition coefficient (Wildman–Crippen LogP) is 2.72. The predicted molar refractivity (Wildman–Crippen MR) is 90.2 cm³/mol. The van der Waals surface area contributed by atoms with E-state index in [2.05, 4.69) is 21.3 Å². The minimum Gasteiger partial charge on any atom is -0.370 e. The molecule has 4 nitrogen and oxygen atoms in total. The second-order valence-corrected chi connectivity index (χ2v) is 6.53. The summed E-state index contributed by atoms with van der Waals surface area (Å²) in [5, 5.41) is 7.12. The van der Waals surface area contributed by atoms with E-state index in [1.165, 1.54) is 5.69 Å². The molecule has 1 N–H and O–H groups in total. The van der Waals surface area contributed by atoms with Crippen LogP contribution in [-0.2, 0) is 11.2 Å². The molecule has 0 radical (unpaired) electrons. The third kappa shape index (κ3) is 4.07. The van der Waals surface area contributed by atoms with Crippen molar-refractivity contribution < 1.29 is 4.79 Å². The van der Waals surface area contributed by atoms with Crippen LogP contribution in [0.2, 0.25) is 0 Å². The maximum Gasteiger partial charge on any atom is 0.224 e. The molecular formula is C17H21N3OS. The summed E-state index contributed by atoms with van der Waals surface area (Å²) in [4.78, 5) is 18.5. The first-order valence-corrected chi connectivity index (χ1v) is 8.68. The van der Waals surface area contributed by atoms with Crippen LogP contribution in [0.15, 0.2) is 41.4 Å². The summed E-state index contributed by atoms with van der Waals surface area (Å²) in [6, 6.07) is 6.10. The maximum atomic E-state index is 11.9. The summed E-state index contributed by atoms with van der Waals surface area (Å²) >= 11 is 1.64. The number of nitrogens with one attached hydrogen (secondary N) is 1. The number of aromatic nitrogens is 1.